The van der Waals surface area contributed by atoms with Crippen LogP contribution in [0.3, 0.4) is 0 Å². The molecule has 0 radical (unpaired) electrons. The van der Waals surface area contributed by atoms with Crippen molar-refractivity contribution in [3.05, 3.63) is 107 Å². The monoisotopic (exact) mass is 492 g/mol. The second kappa shape index (κ2) is 8.32. The number of furan rings is 1. The van der Waals surface area contributed by atoms with Gasteiger partial charge in [-0.1, -0.05) is 22.0 Å². The van der Waals surface area contributed by atoms with Gasteiger partial charge in [-0.15, -0.1) is 0 Å². The molecule has 5 rings (SSSR count). The molecule has 1 fully saturated rings. The lowest BCUT2D eigenvalue weighted by Gasteiger charge is -2.29. The average molecular weight is 493 g/mol. The number of nitrogens with one attached hydrogen (secondary N) is 1. The van der Waals surface area contributed by atoms with Gasteiger partial charge in [-0.2, -0.15) is 0 Å². The van der Waals surface area contributed by atoms with Gasteiger partial charge in [0.15, 0.2) is 5.11 Å². The van der Waals surface area contributed by atoms with Crippen LogP contribution >= 0.6 is 28.1 Å². The average Bonchev–Trinajstić information content (AvgIpc) is 3.52. The van der Waals surface area contributed by atoms with Crippen molar-refractivity contribution in [2.24, 2.45) is 0 Å². The van der Waals surface area contributed by atoms with Crippen molar-refractivity contribution < 1.29 is 4.42 Å². The Morgan fingerprint density at radius 1 is 1.13 bits per heavy atom. The first-order chi connectivity index (χ1) is 15.1. The Bertz CT molecular complexity index is 1210. The number of nitrogens with zero attached hydrogens (tertiary/aromatic N) is 3. The van der Waals surface area contributed by atoms with E-state index in [1.807, 2.05) is 36.5 Å². The topological polar surface area (TPSA) is 46.2 Å². The molecule has 156 valence electrons. The van der Waals surface area contributed by atoms with Crippen molar-refractivity contribution in [1.29, 1.82) is 0 Å². The Labute approximate surface area is 194 Å². The third-order valence-corrected chi connectivity index (χ3v) is 6.80. The molecule has 0 bridgehead atoms. The zero-order chi connectivity index (χ0) is 21.4. The quantitative estimate of drug-likeness (QED) is 0.358. The minimum atomic E-state index is -0.0806. The van der Waals surface area contributed by atoms with Crippen LogP contribution < -0.4 is 10.2 Å². The highest BCUT2D eigenvalue weighted by Crippen LogP contribution is 2.42. The van der Waals surface area contributed by atoms with Crippen molar-refractivity contribution in [2.45, 2.75) is 25.6 Å². The van der Waals surface area contributed by atoms with E-state index >= 15 is 0 Å². The van der Waals surface area contributed by atoms with Crippen molar-refractivity contribution >= 4 is 38.9 Å². The molecular weight excluding hydrogens is 472 g/mol. The van der Waals surface area contributed by atoms with Gasteiger partial charge in [-0.25, -0.2) is 0 Å². The predicted octanol–water partition coefficient (Wildman–Crippen LogP) is 5.77. The van der Waals surface area contributed by atoms with Gasteiger partial charge >= 0.3 is 0 Å². The van der Waals surface area contributed by atoms with Gasteiger partial charge in [0.05, 0.1) is 24.5 Å². The Balaban J connectivity index is 1.62. The van der Waals surface area contributed by atoms with Crippen LogP contribution in [0.5, 0.6) is 0 Å². The summed E-state index contributed by atoms with van der Waals surface area (Å²) in [5.41, 5.74) is 4.30. The number of thiocarbonyl (C=S) groups is 1. The highest BCUT2D eigenvalue weighted by molar-refractivity contribution is 9.10. The first-order valence-corrected chi connectivity index (χ1v) is 11.3. The zero-order valence-corrected chi connectivity index (χ0v) is 19.3. The summed E-state index contributed by atoms with van der Waals surface area (Å²) in [5, 5.41) is 4.21. The first-order valence-electron chi connectivity index (χ1n) is 10.1. The highest BCUT2D eigenvalue weighted by Gasteiger charge is 2.42. The summed E-state index contributed by atoms with van der Waals surface area (Å²) in [5.74, 6) is 0.909. The van der Waals surface area contributed by atoms with Gasteiger partial charge in [0.2, 0.25) is 0 Å². The molecule has 1 saturated heterocycles. The Morgan fingerprint density at radius 2 is 2.03 bits per heavy atom. The van der Waals surface area contributed by atoms with E-state index in [1.54, 1.807) is 6.26 Å². The van der Waals surface area contributed by atoms with Crippen LogP contribution in [0.15, 0.2) is 88.2 Å². The van der Waals surface area contributed by atoms with Crippen LogP contribution in [0, 0.1) is 6.92 Å². The Morgan fingerprint density at radius 3 is 2.77 bits per heavy atom. The summed E-state index contributed by atoms with van der Waals surface area (Å²) in [7, 11) is 0. The highest BCUT2D eigenvalue weighted by atomic mass is 79.9. The fourth-order valence-electron chi connectivity index (χ4n) is 4.12. The van der Waals surface area contributed by atoms with Gasteiger partial charge in [0, 0.05) is 28.2 Å². The number of rotatable bonds is 5. The molecule has 1 aliphatic rings. The van der Waals surface area contributed by atoms with Gasteiger partial charge in [0.1, 0.15) is 11.8 Å². The van der Waals surface area contributed by atoms with Gasteiger partial charge in [-0.05, 0) is 79.3 Å². The lowest BCUT2D eigenvalue weighted by molar-refractivity contribution is 0.475. The molecule has 5 nitrogen and oxygen atoms in total. The minimum Gasteiger partial charge on any atom is -0.467 e. The molecule has 4 heterocycles. The summed E-state index contributed by atoms with van der Waals surface area (Å²) in [6.07, 6.45) is 5.61. The first kappa shape index (κ1) is 20.0. The van der Waals surface area contributed by atoms with Crippen molar-refractivity contribution in [2.75, 3.05) is 4.90 Å². The molecule has 0 amide bonds. The van der Waals surface area contributed by atoms with Crippen LogP contribution in [0.4, 0.5) is 5.69 Å². The molecular formula is C24H21BrN4OS. The fourth-order valence-corrected chi connectivity index (χ4v) is 4.71. The van der Waals surface area contributed by atoms with Gasteiger partial charge < -0.3 is 19.2 Å². The number of anilines is 1. The van der Waals surface area contributed by atoms with E-state index in [0.717, 1.165) is 32.9 Å². The smallest absolute Gasteiger partial charge is 0.174 e. The van der Waals surface area contributed by atoms with Crippen molar-refractivity contribution in [1.82, 2.24) is 14.9 Å². The predicted molar refractivity (Wildman–Crippen MR) is 129 cm³/mol. The second-order valence-corrected chi connectivity index (χ2v) is 8.81. The largest absolute Gasteiger partial charge is 0.467 e. The van der Waals surface area contributed by atoms with Crippen molar-refractivity contribution in [3.63, 3.8) is 0 Å². The molecule has 3 aromatic heterocycles. The Hall–Kier alpha value is -2.90. The van der Waals surface area contributed by atoms with Gasteiger partial charge in [0.25, 0.3) is 0 Å². The van der Waals surface area contributed by atoms with Crippen LogP contribution in [0.1, 0.15) is 34.8 Å². The molecule has 2 atom stereocenters. The molecule has 1 N–H and O–H groups in total. The van der Waals surface area contributed by atoms with E-state index in [4.69, 9.17) is 16.6 Å². The van der Waals surface area contributed by atoms with E-state index < -0.39 is 0 Å². The van der Waals surface area contributed by atoms with Crippen LogP contribution in [0.25, 0.3) is 0 Å². The summed E-state index contributed by atoms with van der Waals surface area (Å²) in [6, 6.07) is 20.3. The molecule has 7 heteroatoms. The second-order valence-electron chi connectivity index (χ2n) is 7.57. The Kier molecular flexibility index (Phi) is 5.38. The molecule has 0 unspecified atom stereocenters. The lowest BCUT2D eigenvalue weighted by atomic mass is 10.0. The van der Waals surface area contributed by atoms with Crippen LogP contribution in [-0.2, 0) is 6.54 Å². The maximum Gasteiger partial charge on any atom is 0.174 e. The van der Waals surface area contributed by atoms with E-state index in [2.05, 4.69) is 79.2 Å². The SMILES string of the molecule is Cc1cc(N2C(=S)N[C@H](c3ccccn3)[C@@H]2c2cccn2Cc2ccco2)ccc1Br. The molecule has 4 aromatic rings. The maximum atomic E-state index is 5.83. The van der Waals surface area contributed by atoms with Crippen LogP contribution in [0.2, 0.25) is 0 Å². The number of hydrogen-bond donors (Lipinski definition) is 1. The van der Waals surface area contributed by atoms with Gasteiger partial charge in [-0.3, -0.25) is 4.98 Å². The standard InChI is InChI=1S/C24H21BrN4OS/c1-16-14-17(9-10-19(16)25)29-23(22(27-24(29)31)20-7-2-3-11-26-20)21-8-4-12-28(21)15-18-6-5-13-30-18/h2-14,22-23H,15H2,1H3,(H,27,31)/t22-,23+/m1/s1. The summed E-state index contributed by atoms with van der Waals surface area (Å²) in [6.45, 7) is 2.74. The number of aryl methyl sites for hydroxylation is 1. The number of hydrogen-bond acceptors (Lipinski definition) is 3. The molecule has 0 spiro atoms. The van der Waals surface area contributed by atoms with E-state index in [0.29, 0.717) is 11.7 Å². The summed E-state index contributed by atoms with van der Waals surface area (Å²) in [4.78, 5) is 6.83. The molecule has 1 aliphatic heterocycles. The summed E-state index contributed by atoms with van der Waals surface area (Å²) < 4.78 is 8.90. The number of benzene rings is 1. The third-order valence-electron chi connectivity index (χ3n) is 5.59. The number of pyridine rings is 1. The third kappa shape index (κ3) is 3.79. The maximum absolute atomic E-state index is 5.83. The lowest BCUT2D eigenvalue weighted by Crippen LogP contribution is -2.30. The fraction of sp³-hybridized carbons (Fsp3) is 0.167. The number of halogens is 1. The van der Waals surface area contributed by atoms with Crippen LogP contribution in [-0.4, -0.2) is 14.7 Å². The summed E-state index contributed by atoms with van der Waals surface area (Å²) >= 11 is 9.44. The molecule has 1 aromatic carbocycles. The van der Waals surface area contributed by atoms with E-state index in [1.165, 1.54) is 0 Å². The molecule has 31 heavy (non-hydrogen) atoms. The van der Waals surface area contributed by atoms with Crippen molar-refractivity contribution in [3.8, 4) is 0 Å². The molecule has 0 aliphatic carbocycles. The van der Waals surface area contributed by atoms with E-state index in [9.17, 15) is 0 Å². The minimum absolute atomic E-state index is 0.0621. The molecule has 0 saturated carbocycles. The normalized spacial score (nSPS) is 18.4. The zero-order valence-electron chi connectivity index (χ0n) is 16.9. The number of aromatic nitrogens is 2. The van der Waals surface area contributed by atoms with E-state index in [-0.39, 0.29) is 12.1 Å².